The summed E-state index contributed by atoms with van der Waals surface area (Å²) in [5.41, 5.74) is 0.321. The highest BCUT2D eigenvalue weighted by atomic mass is 28.3. The van der Waals surface area contributed by atoms with Crippen molar-refractivity contribution in [3.63, 3.8) is 0 Å². The van der Waals surface area contributed by atoms with Crippen molar-refractivity contribution in [1.82, 2.24) is 15.1 Å². The van der Waals surface area contributed by atoms with Gasteiger partial charge in [0.1, 0.15) is 18.5 Å². The lowest BCUT2D eigenvalue weighted by Gasteiger charge is -2.28. The number of hydrogen-bond donors (Lipinski definition) is 2. The average Bonchev–Trinajstić information content (AvgIpc) is 3.93. The molecule has 11 nitrogen and oxygen atoms in total. The summed E-state index contributed by atoms with van der Waals surface area (Å²) >= 11 is 0. The van der Waals surface area contributed by atoms with Gasteiger partial charge in [-0.15, -0.1) is 0 Å². The lowest BCUT2D eigenvalue weighted by atomic mass is 9.83. The number of benzene rings is 1. The molecule has 3 amide bonds. The lowest BCUT2D eigenvalue weighted by Crippen LogP contribution is -2.50. The fourth-order valence-corrected chi connectivity index (χ4v) is 7.14. The largest absolute Gasteiger partial charge is 0.468 e. The molecule has 2 aliphatic carbocycles. The summed E-state index contributed by atoms with van der Waals surface area (Å²) < 4.78 is 12.6. The number of fused-ring (bicyclic) bond motifs is 1. The van der Waals surface area contributed by atoms with Crippen molar-refractivity contribution in [3.05, 3.63) is 41.7 Å². The Hall–Kier alpha value is -3.51. The molecule has 0 radical (unpaired) electrons. The van der Waals surface area contributed by atoms with E-state index in [1.54, 1.807) is 42.1 Å². The van der Waals surface area contributed by atoms with Crippen LogP contribution in [-0.4, -0.2) is 68.0 Å². The zero-order valence-corrected chi connectivity index (χ0v) is 28.5. The molecule has 2 aromatic rings. The van der Waals surface area contributed by atoms with Crippen molar-refractivity contribution in [3.8, 4) is 0 Å². The van der Waals surface area contributed by atoms with Crippen molar-refractivity contribution in [2.24, 2.45) is 17.8 Å². The molecule has 1 aliphatic heterocycles. The van der Waals surface area contributed by atoms with Crippen LogP contribution in [0.1, 0.15) is 68.5 Å². The summed E-state index contributed by atoms with van der Waals surface area (Å²) in [7, 11) is -0.0882. The van der Waals surface area contributed by atoms with Gasteiger partial charge in [0.25, 0.3) is 11.8 Å². The number of hydrogen-bond acceptors (Lipinski definition) is 7. The first-order valence-electron chi connectivity index (χ1n) is 16.0. The van der Waals surface area contributed by atoms with E-state index in [2.05, 4.69) is 35.4 Å². The molecule has 2 atom stereocenters. The van der Waals surface area contributed by atoms with Crippen molar-refractivity contribution < 1.29 is 28.7 Å². The van der Waals surface area contributed by atoms with Crippen LogP contribution in [0.25, 0.3) is 0 Å². The smallest absolute Gasteiger partial charge is 0.325 e. The van der Waals surface area contributed by atoms with Crippen LogP contribution < -0.4 is 15.5 Å². The third-order valence-electron chi connectivity index (χ3n) is 9.26. The van der Waals surface area contributed by atoms with Gasteiger partial charge in [0, 0.05) is 38.2 Å². The van der Waals surface area contributed by atoms with E-state index in [0.717, 1.165) is 31.7 Å². The Balaban J connectivity index is 1.41. The molecule has 1 aromatic heterocycles. The van der Waals surface area contributed by atoms with E-state index in [0.29, 0.717) is 41.1 Å². The standard InChI is InChI=1S/C33H47N5O6Si/c1-20(2)38-25(14-15-34-38)29(39)36-28(27(21-8-9-21)22-10-11-22)30(40)35-23-12-13-24-26(18-23)37(19-44-16-17-45(5,6)7)31(41)33(24,3)32(42)43-4/h12-15,18,20-22,27-28H,8-11,16-17,19H2,1-7H3,(H,35,40)(H,36,39)/t28-,33-/m0/s1. The van der Waals surface area contributed by atoms with Crippen LogP contribution in [0.3, 0.4) is 0 Å². The Labute approximate surface area is 266 Å². The van der Waals surface area contributed by atoms with Crippen LogP contribution in [0.5, 0.6) is 0 Å². The fourth-order valence-electron chi connectivity index (χ4n) is 6.38. The average molecular weight is 638 g/mol. The summed E-state index contributed by atoms with van der Waals surface area (Å²) in [6.07, 6.45) is 5.78. The van der Waals surface area contributed by atoms with Crippen molar-refractivity contribution in [2.75, 3.05) is 30.7 Å². The molecule has 45 heavy (non-hydrogen) atoms. The molecule has 244 valence electrons. The van der Waals surface area contributed by atoms with E-state index in [1.165, 1.54) is 12.0 Å². The maximum atomic E-state index is 14.1. The molecule has 1 aromatic carbocycles. The number of methoxy groups -OCH3 is 1. The van der Waals surface area contributed by atoms with Gasteiger partial charge in [-0.1, -0.05) is 25.7 Å². The Bertz CT molecular complexity index is 1450. The predicted octanol–water partition coefficient (Wildman–Crippen LogP) is 4.73. The zero-order chi connectivity index (χ0) is 32.7. The first-order valence-corrected chi connectivity index (χ1v) is 19.7. The monoisotopic (exact) mass is 637 g/mol. The molecule has 2 heterocycles. The molecule has 0 spiro atoms. The minimum absolute atomic E-state index is 0.0112. The van der Waals surface area contributed by atoms with E-state index in [9.17, 15) is 19.2 Å². The molecule has 0 unspecified atom stereocenters. The van der Waals surface area contributed by atoms with Crippen molar-refractivity contribution >= 4 is 43.1 Å². The minimum Gasteiger partial charge on any atom is -0.468 e. The second kappa shape index (κ2) is 12.7. The van der Waals surface area contributed by atoms with Crippen molar-refractivity contribution in [2.45, 2.75) is 89.6 Å². The van der Waals surface area contributed by atoms with Crippen LogP contribution in [0.15, 0.2) is 30.5 Å². The van der Waals surface area contributed by atoms with Gasteiger partial charge in [0.15, 0.2) is 5.41 Å². The van der Waals surface area contributed by atoms with E-state index in [4.69, 9.17) is 9.47 Å². The van der Waals surface area contributed by atoms with E-state index >= 15 is 0 Å². The van der Waals surface area contributed by atoms with Crippen molar-refractivity contribution in [1.29, 1.82) is 0 Å². The Morgan fingerprint density at radius 3 is 2.33 bits per heavy atom. The van der Waals surface area contributed by atoms with Crippen LogP contribution in [0.4, 0.5) is 11.4 Å². The Kier molecular flexibility index (Phi) is 9.28. The lowest BCUT2D eigenvalue weighted by molar-refractivity contribution is -0.150. The number of nitrogens with zero attached hydrogens (tertiary/aromatic N) is 3. The number of aromatic nitrogens is 2. The second-order valence-corrected chi connectivity index (χ2v) is 20.0. The van der Waals surface area contributed by atoms with Gasteiger partial charge in [0.05, 0.1) is 12.8 Å². The third-order valence-corrected chi connectivity index (χ3v) is 11.0. The first-order chi connectivity index (χ1) is 21.3. The highest BCUT2D eigenvalue weighted by Gasteiger charge is 2.54. The van der Waals surface area contributed by atoms with Gasteiger partial charge in [0.2, 0.25) is 5.91 Å². The normalized spacial score (nSPS) is 20.4. The van der Waals surface area contributed by atoms with E-state index in [1.807, 2.05) is 13.8 Å². The van der Waals surface area contributed by atoms with Gasteiger partial charge in [-0.25, -0.2) is 0 Å². The summed E-state index contributed by atoms with van der Waals surface area (Å²) in [6, 6.07) is 6.95. The number of nitrogens with one attached hydrogen (secondary N) is 2. The van der Waals surface area contributed by atoms with E-state index in [-0.39, 0.29) is 30.5 Å². The molecule has 2 saturated carbocycles. The number of anilines is 2. The first kappa shape index (κ1) is 32.9. The van der Waals surface area contributed by atoms with Gasteiger partial charge in [-0.05, 0) is 88.5 Å². The summed E-state index contributed by atoms with van der Waals surface area (Å²) in [4.78, 5) is 55.6. The SMILES string of the molecule is COC(=O)[C@]1(C)C(=O)N(COCC[Si](C)(C)C)c2cc(NC(=O)[C@@H](NC(=O)c3ccnn3C(C)C)C(C3CC3)C3CC3)ccc21. The summed E-state index contributed by atoms with van der Waals surface area (Å²) in [5.74, 6) is -0.898. The van der Waals surface area contributed by atoms with Crippen LogP contribution >= 0.6 is 0 Å². The highest BCUT2D eigenvalue weighted by molar-refractivity contribution is 6.76. The molecule has 2 N–H and O–H groups in total. The maximum absolute atomic E-state index is 14.1. The highest BCUT2D eigenvalue weighted by Crippen LogP contribution is 2.51. The van der Waals surface area contributed by atoms with Crippen LogP contribution in [0, 0.1) is 17.8 Å². The topological polar surface area (TPSA) is 132 Å². The van der Waals surface area contributed by atoms with Gasteiger partial charge < -0.3 is 20.1 Å². The van der Waals surface area contributed by atoms with Gasteiger partial charge in [-0.3, -0.25) is 28.8 Å². The molecule has 0 saturated heterocycles. The number of esters is 1. The number of carbonyl (C=O) groups is 4. The van der Waals surface area contributed by atoms with E-state index < -0.39 is 31.4 Å². The number of rotatable bonds is 14. The van der Waals surface area contributed by atoms with Crippen LogP contribution in [-0.2, 0) is 29.3 Å². The van der Waals surface area contributed by atoms with Gasteiger partial charge in [-0.2, -0.15) is 5.10 Å². The Morgan fingerprint density at radius 1 is 1.09 bits per heavy atom. The predicted molar refractivity (Wildman–Crippen MR) is 174 cm³/mol. The quantitative estimate of drug-likeness (QED) is 0.133. The molecule has 3 aliphatic rings. The summed E-state index contributed by atoms with van der Waals surface area (Å²) in [5, 5.41) is 10.4. The van der Waals surface area contributed by atoms with Crippen LogP contribution in [0.2, 0.25) is 25.7 Å². The fraction of sp³-hybridized carbons (Fsp3) is 0.606. The second-order valence-electron chi connectivity index (χ2n) is 14.4. The third kappa shape index (κ3) is 6.86. The number of carbonyl (C=O) groups excluding carboxylic acids is 4. The molecule has 2 fully saturated rings. The van der Waals surface area contributed by atoms with Gasteiger partial charge >= 0.3 is 5.97 Å². The molecular weight excluding hydrogens is 590 g/mol. The Morgan fingerprint density at radius 2 is 1.76 bits per heavy atom. The minimum atomic E-state index is -1.53. The zero-order valence-electron chi connectivity index (χ0n) is 27.5. The number of amides is 3. The molecule has 5 rings (SSSR count). The maximum Gasteiger partial charge on any atom is 0.325 e. The molecule has 12 heteroatoms. The number of ether oxygens (including phenoxy) is 2. The summed E-state index contributed by atoms with van der Waals surface area (Å²) in [6.45, 7) is 12.7. The molecular formula is C33H47N5O6Si. The molecule has 0 bridgehead atoms.